The van der Waals surface area contributed by atoms with Gasteiger partial charge >= 0.3 is 11.9 Å². The number of hydrogen-bond donors (Lipinski definition) is 1. The molecule has 7 nitrogen and oxygen atoms in total. The molecule has 41 heavy (non-hydrogen) atoms. The lowest BCUT2D eigenvalue weighted by Gasteiger charge is -2.43. The fraction of sp³-hybridized carbons (Fsp3) is 0.258. The number of halogens is 2. The molecule has 2 aliphatic rings. The van der Waals surface area contributed by atoms with E-state index in [2.05, 4.69) is 0 Å². The Morgan fingerprint density at radius 3 is 2.34 bits per heavy atom. The number of ether oxygens (including phenoxy) is 2. The lowest BCUT2D eigenvalue weighted by molar-refractivity contribution is -0.152. The number of nitrogens with two attached hydrogens (primary N) is 1. The van der Waals surface area contributed by atoms with Crippen molar-refractivity contribution in [2.75, 3.05) is 18.1 Å². The van der Waals surface area contributed by atoms with Gasteiger partial charge in [0.2, 0.25) is 0 Å². The van der Waals surface area contributed by atoms with Gasteiger partial charge in [-0.2, -0.15) is 0 Å². The number of nitrogens with zero attached hydrogens (tertiary/aromatic N) is 1. The maximum Gasteiger partial charge on any atom is 0.338 e. The van der Waals surface area contributed by atoms with Gasteiger partial charge in [-0.1, -0.05) is 24.3 Å². The molecule has 212 valence electrons. The smallest absolute Gasteiger partial charge is 0.338 e. The number of carbonyl (C=O) groups excluding carboxylic acids is 3. The Morgan fingerprint density at radius 2 is 1.71 bits per heavy atom. The van der Waals surface area contributed by atoms with Crippen molar-refractivity contribution in [3.8, 4) is 0 Å². The predicted molar refractivity (Wildman–Crippen MR) is 150 cm³/mol. The summed E-state index contributed by atoms with van der Waals surface area (Å²) in [7, 11) is 0. The van der Waals surface area contributed by atoms with E-state index < -0.39 is 47.1 Å². The number of Topliss-reactive ketones (excluding diaryl/α,β-unsaturated/α-hetero) is 1. The number of esters is 2. The second kappa shape index (κ2) is 11.7. The molecule has 10 heteroatoms. The number of carbonyl (C=O) groups is 3. The minimum Gasteiger partial charge on any atom is -0.465 e. The summed E-state index contributed by atoms with van der Waals surface area (Å²) in [6.45, 7) is 3.35. The molecule has 1 aliphatic carbocycles. The number of allylic oxidation sites excluding steroid dienone is 2. The van der Waals surface area contributed by atoms with E-state index in [1.54, 1.807) is 26.0 Å². The van der Waals surface area contributed by atoms with E-state index in [9.17, 15) is 23.2 Å². The Labute approximate surface area is 239 Å². The first-order valence-electron chi connectivity index (χ1n) is 13.2. The van der Waals surface area contributed by atoms with Gasteiger partial charge in [-0.15, -0.1) is 11.3 Å². The van der Waals surface area contributed by atoms with E-state index in [-0.39, 0.29) is 47.9 Å². The van der Waals surface area contributed by atoms with Crippen molar-refractivity contribution >= 4 is 34.7 Å². The summed E-state index contributed by atoms with van der Waals surface area (Å²) in [6.07, 6.45) is 0.143. The van der Waals surface area contributed by atoms with Gasteiger partial charge in [0.15, 0.2) is 5.78 Å². The topological polar surface area (TPSA) is 98.9 Å². The largest absolute Gasteiger partial charge is 0.465 e. The zero-order valence-corrected chi connectivity index (χ0v) is 23.3. The SMILES string of the molecule is CCOC(=O)C1=C(N)N(c2cccc(F)c2)C2=C(C(=O)[C@H](C(=O)OCC)[C@H](c3cccs3)C2)[C@H]1c1cccc(F)c1. The molecule has 3 aromatic rings. The highest BCUT2D eigenvalue weighted by Crippen LogP contribution is 2.52. The van der Waals surface area contributed by atoms with E-state index in [0.717, 1.165) is 4.88 Å². The molecule has 0 spiro atoms. The monoisotopic (exact) mass is 578 g/mol. The van der Waals surface area contributed by atoms with Gasteiger partial charge in [0.05, 0.1) is 30.4 Å². The van der Waals surface area contributed by atoms with E-state index in [0.29, 0.717) is 5.70 Å². The molecule has 3 atom stereocenters. The molecule has 0 bridgehead atoms. The summed E-state index contributed by atoms with van der Waals surface area (Å²) in [5.41, 5.74) is 7.65. The van der Waals surface area contributed by atoms with Gasteiger partial charge in [0.1, 0.15) is 23.4 Å². The number of thiophene rings is 1. The van der Waals surface area contributed by atoms with Crippen molar-refractivity contribution in [1.29, 1.82) is 0 Å². The summed E-state index contributed by atoms with van der Waals surface area (Å²) >= 11 is 1.39. The molecule has 2 N–H and O–H groups in total. The van der Waals surface area contributed by atoms with Crippen molar-refractivity contribution < 1.29 is 32.6 Å². The Hall–Kier alpha value is -4.31. The van der Waals surface area contributed by atoms with Crippen LogP contribution in [0.1, 0.15) is 42.5 Å². The van der Waals surface area contributed by atoms with Gasteiger partial charge in [-0.3, -0.25) is 14.5 Å². The molecule has 0 saturated carbocycles. The quantitative estimate of drug-likeness (QED) is 0.290. The van der Waals surface area contributed by atoms with Crippen LogP contribution < -0.4 is 10.6 Å². The van der Waals surface area contributed by atoms with Crippen LogP contribution >= 0.6 is 11.3 Å². The fourth-order valence-electron chi connectivity index (χ4n) is 5.64. The highest BCUT2D eigenvalue weighted by molar-refractivity contribution is 7.10. The Balaban J connectivity index is 1.82. The van der Waals surface area contributed by atoms with Crippen molar-refractivity contribution in [3.05, 3.63) is 111 Å². The van der Waals surface area contributed by atoms with Crippen LogP contribution in [0.2, 0.25) is 0 Å². The maximum absolute atomic E-state index is 14.6. The average molecular weight is 579 g/mol. The normalized spacial score (nSPS) is 20.6. The number of benzene rings is 2. The maximum atomic E-state index is 14.6. The predicted octanol–water partition coefficient (Wildman–Crippen LogP) is 5.55. The Bertz CT molecular complexity index is 1570. The molecule has 5 rings (SSSR count). The number of ketones is 1. The second-order valence-corrected chi connectivity index (χ2v) is 10.6. The lowest BCUT2D eigenvalue weighted by Crippen LogP contribution is -2.46. The molecule has 0 unspecified atom stereocenters. The Morgan fingerprint density at radius 1 is 1.00 bits per heavy atom. The minimum atomic E-state index is -1.22. The third-order valence-electron chi connectivity index (χ3n) is 7.23. The Kier molecular flexibility index (Phi) is 8.03. The minimum absolute atomic E-state index is 0.0111. The first kappa shape index (κ1) is 28.2. The van der Waals surface area contributed by atoms with Gasteiger partial charge in [-0.05, 0) is 67.6 Å². The molecule has 2 aromatic carbocycles. The summed E-state index contributed by atoms with van der Waals surface area (Å²) in [5, 5.41) is 1.85. The third-order valence-corrected chi connectivity index (χ3v) is 8.24. The zero-order chi connectivity index (χ0) is 29.3. The average Bonchev–Trinajstić information content (AvgIpc) is 3.47. The van der Waals surface area contributed by atoms with Crippen molar-refractivity contribution in [1.82, 2.24) is 0 Å². The number of anilines is 1. The molecular formula is C31H28F2N2O5S. The highest BCUT2D eigenvalue weighted by atomic mass is 32.1. The molecule has 0 fully saturated rings. The third kappa shape index (κ3) is 5.15. The fourth-order valence-corrected chi connectivity index (χ4v) is 6.50. The van der Waals surface area contributed by atoms with E-state index in [4.69, 9.17) is 15.2 Å². The van der Waals surface area contributed by atoms with E-state index in [1.807, 2.05) is 17.5 Å². The number of hydrogen-bond acceptors (Lipinski definition) is 8. The van der Waals surface area contributed by atoms with E-state index >= 15 is 0 Å². The van der Waals surface area contributed by atoms with Gasteiger partial charge in [0.25, 0.3) is 0 Å². The molecule has 0 radical (unpaired) electrons. The lowest BCUT2D eigenvalue weighted by atomic mass is 9.68. The summed E-state index contributed by atoms with van der Waals surface area (Å²) in [4.78, 5) is 43.7. The summed E-state index contributed by atoms with van der Waals surface area (Å²) in [6, 6.07) is 14.8. The van der Waals surface area contributed by atoms with Crippen LogP contribution in [0.15, 0.2) is 88.7 Å². The standard InChI is InChI=1S/C31H28F2N2O5S/c1-3-39-30(37)25-21(23-12-7-13-41-23)16-22-26(28(25)36)24(17-8-5-9-18(32)14-17)27(31(38)40-4-2)29(34)35(22)20-11-6-10-19(33)15-20/h5-15,21,24-25H,3-4,16,34H2,1-2H3/t21-,24+,25+/m0/s1. The van der Waals surface area contributed by atoms with Crippen molar-refractivity contribution in [2.45, 2.75) is 32.1 Å². The van der Waals surface area contributed by atoms with Crippen LogP contribution in [0.25, 0.3) is 0 Å². The van der Waals surface area contributed by atoms with Crippen LogP contribution in [0.5, 0.6) is 0 Å². The molecular weight excluding hydrogens is 550 g/mol. The summed E-state index contributed by atoms with van der Waals surface area (Å²) in [5.74, 6) is -6.27. The van der Waals surface area contributed by atoms with Crippen molar-refractivity contribution in [2.24, 2.45) is 11.7 Å². The van der Waals surface area contributed by atoms with E-state index in [1.165, 1.54) is 52.6 Å². The first-order chi connectivity index (χ1) is 19.8. The van der Waals surface area contributed by atoms with Crippen LogP contribution in [0.3, 0.4) is 0 Å². The zero-order valence-electron chi connectivity index (χ0n) is 22.4. The van der Waals surface area contributed by atoms with Crippen molar-refractivity contribution in [3.63, 3.8) is 0 Å². The molecule has 0 amide bonds. The highest BCUT2D eigenvalue weighted by Gasteiger charge is 2.51. The molecule has 1 aliphatic heterocycles. The van der Waals surface area contributed by atoms with Crippen LogP contribution in [-0.4, -0.2) is 30.9 Å². The second-order valence-electron chi connectivity index (χ2n) is 9.60. The number of rotatable bonds is 7. The molecule has 1 aromatic heterocycles. The van der Waals surface area contributed by atoms with Crippen LogP contribution in [0, 0.1) is 17.6 Å². The van der Waals surface area contributed by atoms with Crippen LogP contribution in [0.4, 0.5) is 14.5 Å². The first-order valence-corrected chi connectivity index (χ1v) is 14.1. The molecule has 0 saturated heterocycles. The molecule has 2 heterocycles. The van der Waals surface area contributed by atoms with Gasteiger partial charge in [-0.25, -0.2) is 13.6 Å². The van der Waals surface area contributed by atoms with Gasteiger partial charge in [0, 0.05) is 22.1 Å². The van der Waals surface area contributed by atoms with Crippen LogP contribution in [-0.2, 0) is 23.9 Å². The summed E-state index contributed by atoms with van der Waals surface area (Å²) < 4.78 is 39.8. The van der Waals surface area contributed by atoms with Gasteiger partial charge < -0.3 is 15.2 Å².